The Kier molecular flexibility index (Phi) is 14.0. The molecule has 1 fully saturated rings. The summed E-state index contributed by atoms with van der Waals surface area (Å²) in [6, 6.07) is 0. The number of aliphatic carboxylic acids is 1. The summed E-state index contributed by atoms with van der Waals surface area (Å²) in [6.07, 6.45) is 18.0. The van der Waals surface area contributed by atoms with Gasteiger partial charge in [-0.05, 0) is 25.7 Å². The van der Waals surface area contributed by atoms with Crippen LogP contribution in [0.5, 0.6) is 0 Å². The summed E-state index contributed by atoms with van der Waals surface area (Å²) in [7, 11) is 0. The highest BCUT2D eigenvalue weighted by atomic mass is 16.7. The van der Waals surface area contributed by atoms with Crippen LogP contribution in [0, 0.1) is 0 Å². The average Bonchev–Trinajstić information content (AvgIpc) is 2.62. The summed E-state index contributed by atoms with van der Waals surface area (Å²) in [5.74, 6) is -0.850. The van der Waals surface area contributed by atoms with Crippen molar-refractivity contribution in [3.05, 3.63) is 0 Å². The summed E-state index contributed by atoms with van der Waals surface area (Å²) in [5, 5.41) is 9.30. The van der Waals surface area contributed by atoms with Gasteiger partial charge in [-0.25, -0.2) is 4.79 Å². The van der Waals surface area contributed by atoms with Gasteiger partial charge in [0, 0.05) is 6.61 Å². The van der Waals surface area contributed by atoms with Crippen LogP contribution in [0.2, 0.25) is 0 Å². The van der Waals surface area contributed by atoms with Gasteiger partial charge in [0.25, 0.3) is 0 Å². The Hall–Kier alpha value is -0.610. The lowest BCUT2D eigenvalue weighted by atomic mass is 10.0. The molecule has 1 rings (SSSR count). The molecule has 0 aromatic rings. The Morgan fingerprint density at radius 1 is 0.960 bits per heavy atom. The largest absolute Gasteiger partial charge is 0.479 e. The Bertz CT molecular complexity index is 313. The maximum atomic E-state index is 11.3. The molecule has 0 bridgehead atoms. The second-order valence-corrected chi connectivity index (χ2v) is 7.44. The van der Waals surface area contributed by atoms with Crippen molar-refractivity contribution < 1.29 is 19.4 Å². The van der Waals surface area contributed by atoms with Gasteiger partial charge < -0.3 is 14.6 Å². The number of carboxylic acid groups (broad SMARTS) is 1. The molecule has 4 heteroatoms. The molecule has 0 aromatic carbocycles. The first-order chi connectivity index (χ1) is 12.2. The van der Waals surface area contributed by atoms with Crippen LogP contribution >= 0.6 is 0 Å². The van der Waals surface area contributed by atoms with E-state index in [1.807, 2.05) is 0 Å². The molecule has 0 radical (unpaired) electrons. The van der Waals surface area contributed by atoms with Crippen LogP contribution in [0.1, 0.15) is 110 Å². The topological polar surface area (TPSA) is 55.8 Å². The van der Waals surface area contributed by atoms with E-state index >= 15 is 0 Å². The van der Waals surface area contributed by atoms with E-state index < -0.39 is 12.1 Å². The fourth-order valence-corrected chi connectivity index (χ4v) is 3.42. The molecule has 0 aliphatic carbocycles. The van der Waals surface area contributed by atoms with Crippen LogP contribution in [0.3, 0.4) is 0 Å². The predicted octanol–water partition coefficient (Wildman–Crippen LogP) is 6.07. The van der Waals surface area contributed by atoms with Crippen molar-refractivity contribution in [2.75, 3.05) is 6.61 Å². The first-order valence-electron chi connectivity index (χ1n) is 10.7. The van der Waals surface area contributed by atoms with Crippen LogP contribution < -0.4 is 0 Å². The highest BCUT2D eigenvalue weighted by molar-refractivity contribution is 5.72. The molecule has 0 spiro atoms. The fraction of sp³-hybridized carbons (Fsp3) is 0.952. The third-order valence-electron chi connectivity index (χ3n) is 5.05. The second kappa shape index (κ2) is 15.6. The Morgan fingerprint density at radius 3 is 2.00 bits per heavy atom. The van der Waals surface area contributed by atoms with E-state index in [0.717, 1.165) is 32.1 Å². The number of hydrogen-bond acceptors (Lipinski definition) is 3. The molecule has 0 aromatic heterocycles. The van der Waals surface area contributed by atoms with E-state index in [9.17, 15) is 9.90 Å². The van der Waals surface area contributed by atoms with E-state index in [0.29, 0.717) is 13.0 Å². The SMILES string of the molecule is CCCCCCCCCCCCCCC(OC1CCCCO1)C(=O)O. The number of carboxylic acids is 1. The van der Waals surface area contributed by atoms with E-state index in [2.05, 4.69) is 6.92 Å². The monoisotopic (exact) mass is 356 g/mol. The number of ether oxygens (including phenoxy) is 2. The molecule has 0 amide bonds. The average molecular weight is 357 g/mol. The normalized spacial score (nSPS) is 19.0. The summed E-state index contributed by atoms with van der Waals surface area (Å²) < 4.78 is 11.1. The van der Waals surface area contributed by atoms with Crippen molar-refractivity contribution in [3.63, 3.8) is 0 Å². The summed E-state index contributed by atoms with van der Waals surface area (Å²) >= 11 is 0. The molecule has 148 valence electrons. The molecule has 1 aliphatic heterocycles. The van der Waals surface area contributed by atoms with Crippen LogP contribution in [-0.4, -0.2) is 30.1 Å². The Balaban J connectivity index is 1.93. The minimum absolute atomic E-state index is 0.313. The van der Waals surface area contributed by atoms with Crippen molar-refractivity contribution in [3.8, 4) is 0 Å². The molecule has 2 unspecified atom stereocenters. The lowest BCUT2D eigenvalue weighted by Gasteiger charge is -2.25. The van der Waals surface area contributed by atoms with Gasteiger partial charge in [-0.15, -0.1) is 0 Å². The zero-order valence-corrected chi connectivity index (χ0v) is 16.3. The van der Waals surface area contributed by atoms with Crippen LogP contribution in [-0.2, 0) is 14.3 Å². The van der Waals surface area contributed by atoms with E-state index in [1.165, 1.54) is 64.2 Å². The van der Waals surface area contributed by atoms with Gasteiger partial charge in [-0.1, -0.05) is 84.0 Å². The Morgan fingerprint density at radius 2 is 1.52 bits per heavy atom. The molecule has 0 saturated carbocycles. The van der Waals surface area contributed by atoms with Crippen LogP contribution in [0.15, 0.2) is 0 Å². The highest BCUT2D eigenvalue weighted by Crippen LogP contribution is 2.19. The molecule has 4 nitrogen and oxygen atoms in total. The second-order valence-electron chi connectivity index (χ2n) is 7.44. The minimum atomic E-state index is -0.850. The first-order valence-corrected chi connectivity index (χ1v) is 10.7. The zero-order chi connectivity index (χ0) is 18.2. The molecule has 1 aliphatic rings. The van der Waals surface area contributed by atoms with Gasteiger partial charge in [0.1, 0.15) is 0 Å². The van der Waals surface area contributed by atoms with Gasteiger partial charge in [0.2, 0.25) is 0 Å². The summed E-state index contributed by atoms with van der Waals surface area (Å²) in [4.78, 5) is 11.3. The Labute approximate surface area is 154 Å². The van der Waals surface area contributed by atoms with Gasteiger partial charge >= 0.3 is 5.97 Å². The standard InChI is InChI=1S/C21H40O4/c1-2-3-4-5-6-7-8-9-10-11-12-13-16-19(21(22)23)25-20-17-14-15-18-24-20/h19-20H,2-18H2,1H3,(H,22,23). The van der Waals surface area contributed by atoms with Gasteiger partial charge in [0.05, 0.1) is 0 Å². The van der Waals surface area contributed by atoms with Crippen LogP contribution in [0.4, 0.5) is 0 Å². The minimum Gasteiger partial charge on any atom is -0.479 e. The highest BCUT2D eigenvalue weighted by Gasteiger charge is 2.24. The maximum absolute atomic E-state index is 11.3. The van der Waals surface area contributed by atoms with E-state index in [1.54, 1.807) is 0 Å². The quantitative estimate of drug-likeness (QED) is 0.341. The first kappa shape index (κ1) is 22.4. The zero-order valence-electron chi connectivity index (χ0n) is 16.3. The number of unbranched alkanes of at least 4 members (excludes halogenated alkanes) is 11. The van der Waals surface area contributed by atoms with Crippen molar-refractivity contribution in [1.29, 1.82) is 0 Å². The maximum Gasteiger partial charge on any atom is 0.332 e. The molecule has 1 saturated heterocycles. The van der Waals surface area contributed by atoms with Gasteiger partial charge in [-0.2, -0.15) is 0 Å². The number of hydrogen-bond donors (Lipinski definition) is 1. The van der Waals surface area contributed by atoms with E-state index in [-0.39, 0.29) is 6.29 Å². The molecule has 1 heterocycles. The smallest absolute Gasteiger partial charge is 0.332 e. The van der Waals surface area contributed by atoms with Crippen molar-refractivity contribution in [2.24, 2.45) is 0 Å². The fourth-order valence-electron chi connectivity index (χ4n) is 3.42. The lowest BCUT2D eigenvalue weighted by molar-refractivity contribution is -0.201. The molecule has 25 heavy (non-hydrogen) atoms. The van der Waals surface area contributed by atoms with Gasteiger partial charge in [-0.3, -0.25) is 0 Å². The van der Waals surface area contributed by atoms with E-state index in [4.69, 9.17) is 9.47 Å². The van der Waals surface area contributed by atoms with Crippen molar-refractivity contribution in [2.45, 2.75) is 122 Å². The predicted molar refractivity (Wildman–Crippen MR) is 102 cm³/mol. The summed E-state index contributed by atoms with van der Waals surface area (Å²) in [6.45, 7) is 2.95. The third-order valence-corrected chi connectivity index (χ3v) is 5.05. The van der Waals surface area contributed by atoms with Gasteiger partial charge in [0.15, 0.2) is 12.4 Å². The van der Waals surface area contributed by atoms with Crippen molar-refractivity contribution in [1.82, 2.24) is 0 Å². The lowest BCUT2D eigenvalue weighted by Crippen LogP contribution is -2.32. The van der Waals surface area contributed by atoms with Crippen LogP contribution in [0.25, 0.3) is 0 Å². The molecule has 1 N–H and O–H groups in total. The molecular formula is C21H40O4. The molecular weight excluding hydrogens is 316 g/mol. The third kappa shape index (κ3) is 12.4. The summed E-state index contributed by atoms with van der Waals surface area (Å²) in [5.41, 5.74) is 0. The molecule has 2 atom stereocenters. The number of carbonyl (C=O) groups is 1. The number of rotatable bonds is 16. The van der Waals surface area contributed by atoms with Crippen molar-refractivity contribution >= 4 is 5.97 Å².